The normalized spacial score (nSPS) is 23.4. The second kappa shape index (κ2) is 9.01. The largest absolute Gasteiger partial charge is 0.355 e. The third-order valence-electron chi connectivity index (χ3n) is 6.25. The molecule has 0 saturated carbocycles. The quantitative estimate of drug-likeness (QED) is 0.762. The Morgan fingerprint density at radius 2 is 1.96 bits per heavy atom. The van der Waals surface area contributed by atoms with Gasteiger partial charge in [0.1, 0.15) is 0 Å². The maximum absolute atomic E-state index is 12.9. The van der Waals surface area contributed by atoms with Crippen LogP contribution in [-0.4, -0.2) is 61.5 Å². The van der Waals surface area contributed by atoms with Crippen molar-refractivity contribution in [1.82, 2.24) is 15.1 Å². The molecular weight excluding hydrogens is 322 g/mol. The molecule has 1 N–H and O–H groups in total. The lowest BCUT2D eigenvalue weighted by atomic mass is 9.76. The highest BCUT2D eigenvalue weighted by atomic mass is 16.2. The molecule has 1 spiro atoms. The van der Waals surface area contributed by atoms with Gasteiger partial charge in [-0.2, -0.15) is 0 Å². The van der Waals surface area contributed by atoms with Crippen molar-refractivity contribution >= 4 is 5.91 Å². The summed E-state index contributed by atoms with van der Waals surface area (Å²) in [7, 11) is 2.21. The summed E-state index contributed by atoms with van der Waals surface area (Å²) in [5.41, 5.74) is 1.72. The minimum atomic E-state index is 0.0788. The number of carbonyl (C=O) groups is 1. The van der Waals surface area contributed by atoms with Crippen LogP contribution in [0.3, 0.4) is 0 Å². The maximum Gasteiger partial charge on any atom is 0.237 e. The topological polar surface area (TPSA) is 35.6 Å². The number of aryl methyl sites for hydroxylation is 1. The van der Waals surface area contributed by atoms with Gasteiger partial charge in [-0.15, -0.1) is 0 Å². The number of nitrogens with zero attached hydrogens (tertiary/aromatic N) is 2. The molecule has 144 valence electrons. The molecule has 2 aliphatic rings. The fourth-order valence-electron chi connectivity index (χ4n) is 4.65. The summed E-state index contributed by atoms with van der Waals surface area (Å²) in [5.74, 6) is 0.252. The Labute approximate surface area is 158 Å². The molecule has 1 unspecified atom stereocenters. The highest BCUT2D eigenvalue weighted by molar-refractivity contribution is 5.82. The highest BCUT2D eigenvalue weighted by Crippen LogP contribution is 2.43. The Hall–Kier alpha value is -1.39. The number of nitrogens with one attached hydrogen (secondary N) is 1. The van der Waals surface area contributed by atoms with Crippen LogP contribution in [0.2, 0.25) is 0 Å². The molecule has 1 aromatic rings. The van der Waals surface area contributed by atoms with Crippen molar-refractivity contribution in [2.75, 3.05) is 39.8 Å². The van der Waals surface area contributed by atoms with Gasteiger partial charge in [-0.3, -0.25) is 9.69 Å². The summed E-state index contributed by atoms with van der Waals surface area (Å²) >= 11 is 0. The van der Waals surface area contributed by atoms with Crippen LogP contribution in [0.5, 0.6) is 0 Å². The van der Waals surface area contributed by atoms with Gasteiger partial charge in [0.05, 0.1) is 6.04 Å². The number of benzene rings is 1. The van der Waals surface area contributed by atoms with Crippen molar-refractivity contribution < 1.29 is 4.79 Å². The zero-order valence-electron chi connectivity index (χ0n) is 16.5. The average molecular weight is 358 g/mol. The number of rotatable bonds is 7. The van der Waals surface area contributed by atoms with E-state index in [1.54, 1.807) is 0 Å². The number of likely N-dealkylation sites (tertiary alicyclic amines) is 2. The van der Waals surface area contributed by atoms with Crippen LogP contribution in [0.15, 0.2) is 30.3 Å². The van der Waals surface area contributed by atoms with Crippen molar-refractivity contribution in [2.45, 2.75) is 51.5 Å². The van der Waals surface area contributed by atoms with E-state index in [-0.39, 0.29) is 11.9 Å². The van der Waals surface area contributed by atoms with Crippen molar-refractivity contribution in [2.24, 2.45) is 5.41 Å². The van der Waals surface area contributed by atoms with Crippen LogP contribution in [0.4, 0.5) is 0 Å². The Bertz CT molecular complexity index is 566. The lowest BCUT2D eigenvalue weighted by molar-refractivity contribution is -0.125. The van der Waals surface area contributed by atoms with Crippen LogP contribution in [0.1, 0.15) is 44.6 Å². The van der Waals surface area contributed by atoms with Crippen molar-refractivity contribution in [3.05, 3.63) is 35.9 Å². The van der Waals surface area contributed by atoms with E-state index in [2.05, 4.69) is 53.4 Å². The molecule has 1 atom stereocenters. The Morgan fingerprint density at radius 1 is 1.23 bits per heavy atom. The first-order valence-electron chi connectivity index (χ1n) is 10.4. The molecule has 3 rings (SSSR count). The molecule has 26 heavy (non-hydrogen) atoms. The molecule has 2 fully saturated rings. The smallest absolute Gasteiger partial charge is 0.237 e. The molecular formula is C22H35N3O. The molecule has 1 aromatic carbocycles. The first kappa shape index (κ1) is 19.4. The standard InChI is InChI=1S/C22H35N3O/c1-3-14-25-18-22(11-15-24(2)16-12-22)17-20(25)21(26)23-13-7-10-19-8-5-4-6-9-19/h4-6,8-9,20H,3,7,10-18H2,1-2H3,(H,23,26). The molecule has 0 radical (unpaired) electrons. The zero-order chi connectivity index (χ0) is 18.4. The first-order chi connectivity index (χ1) is 12.6. The summed E-state index contributed by atoms with van der Waals surface area (Å²) in [6.45, 7) is 7.49. The van der Waals surface area contributed by atoms with Crippen LogP contribution >= 0.6 is 0 Å². The minimum absolute atomic E-state index is 0.0788. The van der Waals surface area contributed by atoms with Gasteiger partial charge in [-0.25, -0.2) is 0 Å². The van der Waals surface area contributed by atoms with Gasteiger partial charge in [0, 0.05) is 13.1 Å². The van der Waals surface area contributed by atoms with Gasteiger partial charge in [-0.1, -0.05) is 37.3 Å². The van der Waals surface area contributed by atoms with Gasteiger partial charge >= 0.3 is 0 Å². The van der Waals surface area contributed by atoms with Crippen LogP contribution in [0.25, 0.3) is 0 Å². The molecule has 1 amide bonds. The summed E-state index contributed by atoms with van der Waals surface area (Å²) in [5, 5.41) is 3.22. The fraction of sp³-hybridized carbons (Fsp3) is 0.682. The number of piperidine rings is 1. The lowest BCUT2D eigenvalue weighted by Crippen LogP contribution is -2.43. The molecule has 0 aliphatic carbocycles. The second-order valence-corrected chi connectivity index (χ2v) is 8.37. The van der Waals surface area contributed by atoms with E-state index in [9.17, 15) is 4.79 Å². The number of carbonyl (C=O) groups excluding carboxylic acids is 1. The number of amides is 1. The van der Waals surface area contributed by atoms with Gasteiger partial charge in [0.25, 0.3) is 0 Å². The molecule has 0 aromatic heterocycles. The van der Waals surface area contributed by atoms with Crippen LogP contribution in [0, 0.1) is 5.41 Å². The van der Waals surface area contributed by atoms with E-state index >= 15 is 0 Å². The molecule has 4 nitrogen and oxygen atoms in total. The third kappa shape index (κ3) is 4.86. The summed E-state index contributed by atoms with van der Waals surface area (Å²) < 4.78 is 0. The maximum atomic E-state index is 12.9. The fourth-order valence-corrected chi connectivity index (χ4v) is 4.65. The summed E-state index contributed by atoms with van der Waals surface area (Å²) in [6.07, 6.45) is 6.68. The second-order valence-electron chi connectivity index (χ2n) is 8.37. The summed E-state index contributed by atoms with van der Waals surface area (Å²) in [4.78, 5) is 17.7. The zero-order valence-corrected chi connectivity index (χ0v) is 16.5. The Balaban J connectivity index is 1.49. The molecule has 4 heteroatoms. The SMILES string of the molecule is CCCN1CC2(CCN(C)CC2)CC1C(=O)NCCCc1ccccc1. The minimum Gasteiger partial charge on any atom is -0.355 e. The van der Waals surface area contributed by atoms with Crippen molar-refractivity contribution in [3.63, 3.8) is 0 Å². The van der Waals surface area contributed by atoms with E-state index in [0.29, 0.717) is 5.41 Å². The summed E-state index contributed by atoms with van der Waals surface area (Å²) in [6, 6.07) is 10.6. The van der Waals surface area contributed by atoms with Gasteiger partial charge in [0.2, 0.25) is 5.91 Å². The van der Waals surface area contributed by atoms with Gasteiger partial charge in [-0.05, 0) is 76.2 Å². The lowest BCUT2D eigenvalue weighted by Gasteiger charge is -2.37. The van der Waals surface area contributed by atoms with E-state index in [1.165, 1.54) is 31.5 Å². The Kier molecular flexibility index (Phi) is 6.71. The predicted octanol–water partition coefficient (Wildman–Crippen LogP) is 2.93. The number of hydrogen-bond acceptors (Lipinski definition) is 3. The highest BCUT2D eigenvalue weighted by Gasteiger charge is 2.47. The van der Waals surface area contributed by atoms with Gasteiger partial charge < -0.3 is 10.2 Å². The molecule has 0 bridgehead atoms. The van der Waals surface area contributed by atoms with E-state index < -0.39 is 0 Å². The number of hydrogen-bond donors (Lipinski definition) is 1. The monoisotopic (exact) mass is 357 g/mol. The predicted molar refractivity (Wildman–Crippen MR) is 107 cm³/mol. The molecule has 2 saturated heterocycles. The molecule has 2 aliphatic heterocycles. The Morgan fingerprint density at radius 3 is 2.65 bits per heavy atom. The van der Waals surface area contributed by atoms with Crippen molar-refractivity contribution in [1.29, 1.82) is 0 Å². The van der Waals surface area contributed by atoms with Crippen LogP contribution in [-0.2, 0) is 11.2 Å². The van der Waals surface area contributed by atoms with E-state index in [1.807, 2.05) is 6.07 Å². The van der Waals surface area contributed by atoms with Crippen molar-refractivity contribution in [3.8, 4) is 0 Å². The van der Waals surface area contributed by atoms with Crippen LogP contribution < -0.4 is 5.32 Å². The third-order valence-corrected chi connectivity index (χ3v) is 6.25. The molecule has 2 heterocycles. The van der Waals surface area contributed by atoms with E-state index in [4.69, 9.17) is 0 Å². The first-order valence-corrected chi connectivity index (χ1v) is 10.4. The average Bonchev–Trinajstić information content (AvgIpc) is 3.01. The van der Waals surface area contributed by atoms with Gasteiger partial charge in [0.15, 0.2) is 0 Å². The van der Waals surface area contributed by atoms with E-state index in [0.717, 1.165) is 45.3 Å².